The van der Waals surface area contributed by atoms with Crippen LogP contribution in [0.1, 0.15) is 37.3 Å². The molecule has 114 valence electrons. The number of ether oxygens (including phenoxy) is 1. The quantitative estimate of drug-likeness (QED) is 0.851. The van der Waals surface area contributed by atoms with E-state index in [-0.39, 0.29) is 17.9 Å². The summed E-state index contributed by atoms with van der Waals surface area (Å²) in [4.78, 5) is 12.8. The number of carbonyl (C=O) groups excluding carboxylic acids is 1. The lowest BCUT2D eigenvalue weighted by molar-refractivity contribution is -0.126. The molecule has 3 nitrogen and oxygen atoms in total. The van der Waals surface area contributed by atoms with Gasteiger partial charge in [-0.25, -0.2) is 0 Å². The van der Waals surface area contributed by atoms with Crippen molar-refractivity contribution >= 4 is 5.91 Å². The van der Waals surface area contributed by atoms with Crippen LogP contribution in [0.25, 0.3) is 0 Å². The highest BCUT2D eigenvalue weighted by molar-refractivity contribution is 5.81. The molecule has 3 aliphatic carbocycles. The van der Waals surface area contributed by atoms with Crippen molar-refractivity contribution in [1.29, 1.82) is 0 Å². The van der Waals surface area contributed by atoms with Crippen molar-refractivity contribution in [3.05, 3.63) is 42.0 Å². The van der Waals surface area contributed by atoms with E-state index in [1.807, 2.05) is 18.2 Å². The van der Waals surface area contributed by atoms with Crippen LogP contribution in [-0.4, -0.2) is 12.5 Å². The first-order valence-corrected chi connectivity index (χ1v) is 8.48. The maximum atomic E-state index is 12.8. The van der Waals surface area contributed by atoms with E-state index in [1.165, 1.54) is 12.8 Å². The van der Waals surface area contributed by atoms with E-state index in [2.05, 4.69) is 23.5 Å². The van der Waals surface area contributed by atoms with E-state index in [4.69, 9.17) is 4.74 Å². The van der Waals surface area contributed by atoms with Gasteiger partial charge in [-0.2, -0.15) is 0 Å². The smallest absolute Gasteiger partial charge is 0.224 e. The predicted octanol–water partition coefficient (Wildman–Crippen LogP) is 3.23. The molecule has 2 saturated carbocycles. The molecule has 3 heteroatoms. The Kier molecular flexibility index (Phi) is 2.53. The molecule has 1 amide bonds. The van der Waals surface area contributed by atoms with Crippen LogP contribution in [-0.2, 0) is 4.79 Å². The van der Waals surface area contributed by atoms with Gasteiger partial charge in [0.1, 0.15) is 5.75 Å². The fourth-order valence-corrected chi connectivity index (χ4v) is 5.04. The van der Waals surface area contributed by atoms with Crippen LogP contribution >= 0.6 is 0 Å². The summed E-state index contributed by atoms with van der Waals surface area (Å²) >= 11 is 0. The molecule has 1 aromatic carbocycles. The molecule has 0 saturated heterocycles. The number of hydrogen-bond acceptors (Lipinski definition) is 2. The lowest BCUT2D eigenvalue weighted by atomic mass is 9.88. The Labute approximate surface area is 130 Å². The number of rotatable bonds is 2. The molecular weight excluding hydrogens is 274 g/mol. The van der Waals surface area contributed by atoms with Crippen molar-refractivity contribution in [2.24, 2.45) is 23.2 Å². The zero-order valence-corrected chi connectivity index (χ0v) is 12.6. The Morgan fingerprint density at radius 2 is 2.09 bits per heavy atom. The van der Waals surface area contributed by atoms with Gasteiger partial charge in [0.15, 0.2) is 0 Å². The number of carbonyl (C=O) groups is 1. The third-order valence-electron chi connectivity index (χ3n) is 6.33. The third-order valence-corrected chi connectivity index (χ3v) is 6.33. The van der Waals surface area contributed by atoms with E-state index in [0.717, 1.165) is 24.2 Å². The number of allylic oxidation sites excluding steroid dienone is 2. The monoisotopic (exact) mass is 295 g/mol. The topological polar surface area (TPSA) is 38.3 Å². The maximum Gasteiger partial charge on any atom is 0.224 e. The Morgan fingerprint density at radius 1 is 1.23 bits per heavy atom. The SMILES string of the molecule is O=C(N[C@H]1CCOc2ccccc21)[C@H]1C[C@H]2C=C[C@H]1C21CC1. The van der Waals surface area contributed by atoms with Crippen LogP contribution in [0.5, 0.6) is 5.75 Å². The summed E-state index contributed by atoms with van der Waals surface area (Å²) in [6.07, 6.45) is 9.25. The van der Waals surface area contributed by atoms with E-state index in [1.54, 1.807) is 0 Å². The lowest BCUT2D eigenvalue weighted by Gasteiger charge is -2.29. The molecule has 0 radical (unpaired) electrons. The number of nitrogens with one attached hydrogen (secondary N) is 1. The molecule has 1 aromatic rings. The van der Waals surface area contributed by atoms with Gasteiger partial charge in [-0.1, -0.05) is 30.4 Å². The van der Waals surface area contributed by atoms with Crippen molar-refractivity contribution in [2.75, 3.05) is 6.61 Å². The van der Waals surface area contributed by atoms with Crippen molar-refractivity contribution < 1.29 is 9.53 Å². The van der Waals surface area contributed by atoms with E-state index >= 15 is 0 Å². The molecule has 2 bridgehead atoms. The average molecular weight is 295 g/mol. The standard InChI is InChI=1S/C19H21NO2/c21-18(14-11-12-5-6-15(14)19(12)8-9-19)20-16-7-10-22-17-4-2-1-3-13(16)17/h1-6,12,14-16H,7-11H2,(H,20,21)/t12-,14+,15-,16+/m1/s1. The maximum absolute atomic E-state index is 12.8. The third kappa shape index (κ3) is 1.65. The van der Waals surface area contributed by atoms with Gasteiger partial charge in [0.25, 0.3) is 0 Å². The summed E-state index contributed by atoms with van der Waals surface area (Å²) in [7, 11) is 0. The molecule has 0 unspecified atom stereocenters. The molecule has 1 heterocycles. The van der Waals surface area contributed by atoms with E-state index in [9.17, 15) is 4.79 Å². The number of benzene rings is 1. The largest absolute Gasteiger partial charge is 0.493 e. The number of fused-ring (bicyclic) bond motifs is 1. The first-order valence-electron chi connectivity index (χ1n) is 8.48. The Bertz CT molecular complexity index is 661. The average Bonchev–Trinajstić information content (AvgIpc) is 3.21. The van der Waals surface area contributed by atoms with Gasteiger partial charge in [-0.3, -0.25) is 4.79 Å². The van der Waals surface area contributed by atoms with Crippen molar-refractivity contribution in [1.82, 2.24) is 5.32 Å². The van der Waals surface area contributed by atoms with Crippen LogP contribution in [0, 0.1) is 23.2 Å². The van der Waals surface area contributed by atoms with Crippen LogP contribution in [0.2, 0.25) is 0 Å². The van der Waals surface area contributed by atoms with Crippen LogP contribution in [0.3, 0.4) is 0 Å². The highest BCUT2D eigenvalue weighted by atomic mass is 16.5. The molecule has 2 fully saturated rings. The summed E-state index contributed by atoms with van der Waals surface area (Å²) in [5, 5.41) is 3.31. The summed E-state index contributed by atoms with van der Waals surface area (Å²) in [6, 6.07) is 8.18. The van der Waals surface area contributed by atoms with Crippen molar-refractivity contribution in [3.8, 4) is 5.75 Å². The van der Waals surface area contributed by atoms with Gasteiger partial charge in [-0.05, 0) is 42.6 Å². The summed E-state index contributed by atoms with van der Waals surface area (Å²) < 4.78 is 5.69. The Balaban J connectivity index is 1.35. The fourth-order valence-electron chi connectivity index (χ4n) is 5.04. The van der Waals surface area contributed by atoms with Gasteiger partial charge < -0.3 is 10.1 Å². The number of amides is 1. The number of hydrogen-bond donors (Lipinski definition) is 1. The van der Waals surface area contributed by atoms with Gasteiger partial charge >= 0.3 is 0 Å². The summed E-state index contributed by atoms with van der Waals surface area (Å²) in [6.45, 7) is 0.683. The second kappa shape index (κ2) is 4.37. The van der Waals surface area contributed by atoms with Gasteiger partial charge in [0, 0.05) is 17.9 Å². The second-order valence-electron chi connectivity index (χ2n) is 7.33. The minimum absolute atomic E-state index is 0.107. The predicted molar refractivity (Wildman–Crippen MR) is 83.3 cm³/mol. The normalized spacial score (nSPS) is 36.0. The van der Waals surface area contributed by atoms with Crippen molar-refractivity contribution in [3.63, 3.8) is 0 Å². The molecule has 1 N–H and O–H groups in total. The zero-order valence-electron chi connectivity index (χ0n) is 12.6. The van der Waals surface area contributed by atoms with Crippen LogP contribution in [0.15, 0.2) is 36.4 Å². The first kappa shape index (κ1) is 12.7. The first-order chi connectivity index (χ1) is 10.8. The van der Waals surface area contributed by atoms with E-state index < -0.39 is 0 Å². The molecule has 0 aromatic heterocycles. The minimum atomic E-state index is 0.107. The highest BCUT2D eigenvalue weighted by Gasteiger charge is 2.64. The molecule has 4 aliphatic rings. The van der Waals surface area contributed by atoms with Gasteiger partial charge in [0.2, 0.25) is 5.91 Å². The molecule has 4 atom stereocenters. The number of para-hydroxylation sites is 1. The molecule has 1 aliphatic heterocycles. The lowest BCUT2D eigenvalue weighted by Crippen LogP contribution is -2.38. The Morgan fingerprint density at radius 3 is 2.91 bits per heavy atom. The van der Waals surface area contributed by atoms with Crippen molar-refractivity contribution in [2.45, 2.75) is 31.7 Å². The minimum Gasteiger partial charge on any atom is -0.493 e. The van der Waals surface area contributed by atoms with Crippen LogP contribution in [0.4, 0.5) is 0 Å². The Hall–Kier alpha value is -1.77. The van der Waals surface area contributed by atoms with E-state index in [0.29, 0.717) is 23.9 Å². The summed E-state index contributed by atoms with van der Waals surface area (Å²) in [5.41, 5.74) is 1.61. The molecule has 5 rings (SSSR count). The second-order valence-corrected chi connectivity index (χ2v) is 7.33. The molecule has 22 heavy (non-hydrogen) atoms. The van der Waals surface area contributed by atoms with Gasteiger partial charge in [-0.15, -0.1) is 0 Å². The summed E-state index contributed by atoms with van der Waals surface area (Å²) in [5.74, 6) is 2.52. The van der Waals surface area contributed by atoms with Crippen LogP contribution < -0.4 is 10.1 Å². The molecule has 1 spiro atoms. The zero-order chi connectivity index (χ0) is 14.7. The van der Waals surface area contributed by atoms with Gasteiger partial charge in [0.05, 0.1) is 12.6 Å². The molecular formula is C19H21NO2. The highest BCUT2D eigenvalue weighted by Crippen LogP contribution is 2.70. The fraction of sp³-hybridized carbons (Fsp3) is 0.526.